The lowest BCUT2D eigenvalue weighted by molar-refractivity contribution is -0.120. The highest BCUT2D eigenvalue weighted by atomic mass is 127. The van der Waals surface area contributed by atoms with Gasteiger partial charge in [0.15, 0.2) is 0 Å². The number of halogens is 1. The minimum atomic E-state index is -3.12. The fourth-order valence-electron chi connectivity index (χ4n) is 2.82. The zero-order chi connectivity index (χ0) is 18.8. The van der Waals surface area contributed by atoms with E-state index in [-0.39, 0.29) is 5.91 Å². The zero-order valence-electron chi connectivity index (χ0n) is 15.0. The van der Waals surface area contributed by atoms with E-state index in [4.69, 9.17) is 5.73 Å². The van der Waals surface area contributed by atoms with Gasteiger partial charge in [-0.1, -0.05) is 38.1 Å². The quantitative estimate of drug-likeness (QED) is 0.341. The van der Waals surface area contributed by atoms with Crippen molar-refractivity contribution in [2.45, 2.75) is 31.2 Å². The van der Waals surface area contributed by atoms with Crippen molar-refractivity contribution in [1.82, 2.24) is 4.72 Å². The highest BCUT2D eigenvalue weighted by molar-refractivity contribution is 14.2. The van der Waals surface area contributed by atoms with Crippen LogP contribution in [-0.2, 0) is 12.1 Å². The second-order valence-corrected chi connectivity index (χ2v) is 12.6. The molecule has 0 fully saturated rings. The Kier molecular flexibility index (Phi) is 6.45. The van der Waals surface area contributed by atoms with Gasteiger partial charge in [-0.2, -0.15) is 0 Å². The van der Waals surface area contributed by atoms with Gasteiger partial charge in [-0.05, 0) is 24.5 Å². The summed E-state index contributed by atoms with van der Waals surface area (Å²) in [6, 6.07) is 10.9. The Bertz CT molecular complexity index is 823. The first-order valence-corrected chi connectivity index (χ1v) is 12.7. The summed E-state index contributed by atoms with van der Waals surface area (Å²) in [6.45, 7) is 4.01. The Morgan fingerprint density at radius 1 is 1.20 bits per heavy atom. The van der Waals surface area contributed by atoms with Gasteiger partial charge < -0.3 is 10.6 Å². The molecule has 0 saturated carbocycles. The molecule has 0 unspecified atom stereocenters. The molecular formula is C18H26IN3O2S. The van der Waals surface area contributed by atoms with E-state index < -0.39 is 13.3 Å². The summed E-state index contributed by atoms with van der Waals surface area (Å²) in [5.74, 6) is -0.0678. The lowest BCUT2D eigenvalue weighted by Gasteiger charge is -2.24. The smallest absolute Gasteiger partial charge is 0.247 e. The molecule has 0 aliphatic rings. The Morgan fingerprint density at radius 2 is 1.80 bits per heavy atom. The average Bonchev–Trinajstić information content (AvgIpc) is 2.52. The molecule has 5 nitrogen and oxygen atoms in total. The van der Waals surface area contributed by atoms with Crippen LogP contribution in [0.2, 0.25) is 0 Å². The number of hydrogen-bond donors (Lipinski definition) is 3. The third kappa shape index (κ3) is 4.71. The van der Waals surface area contributed by atoms with Crippen LogP contribution < -0.4 is 15.4 Å². The summed E-state index contributed by atoms with van der Waals surface area (Å²) in [6.07, 6.45) is 0.558. The number of hydrogen-bond acceptors (Lipinski definition) is 4. The Morgan fingerprint density at radius 3 is 2.40 bits per heavy atom. The molecule has 3 N–H and O–H groups in total. The molecule has 1 amide bonds. The Balaban J connectivity index is 2.41. The van der Waals surface area contributed by atoms with Crippen LogP contribution in [0.25, 0.3) is 10.8 Å². The van der Waals surface area contributed by atoms with Crippen LogP contribution in [0, 0.1) is 5.92 Å². The molecular weight excluding hydrogens is 449 g/mol. The van der Waals surface area contributed by atoms with E-state index in [2.05, 4.69) is 4.72 Å². The van der Waals surface area contributed by atoms with E-state index in [9.17, 15) is 9.00 Å². The topological polar surface area (TPSA) is 75.4 Å². The highest BCUT2D eigenvalue weighted by Crippen LogP contribution is 2.34. The molecule has 1 atom stereocenters. The molecule has 0 aromatic heterocycles. The number of fused-ring (bicyclic) bond motifs is 1. The average molecular weight is 475 g/mol. The SMILES string of the molecule is CC(C)C[C@H](N)C(=O)N[SH](=O)(I)c1cccc2c(N(C)C)cccc12. The van der Waals surface area contributed by atoms with Crippen molar-refractivity contribution in [3.8, 4) is 0 Å². The van der Waals surface area contributed by atoms with Crippen LogP contribution in [0.5, 0.6) is 0 Å². The maximum atomic E-state index is 13.3. The van der Waals surface area contributed by atoms with E-state index >= 15 is 0 Å². The standard InChI is InChI=1S/C18H26IN3O2S/c1-12(2)11-15(20)18(23)21-25(19,24)17-10-6-7-13-14(17)8-5-9-16(13)22(3)4/h5-10,12,15,25H,11,20H2,1-4H3,(H,21,23,24)/t15-/m0/s1. The molecule has 0 aliphatic carbocycles. The molecule has 2 aromatic carbocycles. The number of amides is 1. The first-order valence-electron chi connectivity index (χ1n) is 8.20. The highest BCUT2D eigenvalue weighted by Gasteiger charge is 2.23. The van der Waals surface area contributed by atoms with Gasteiger partial charge in [0.1, 0.15) is 0 Å². The molecule has 25 heavy (non-hydrogen) atoms. The van der Waals surface area contributed by atoms with Crippen LogP contribution >= 0.6 is 21.2 Å². The summed E-state index contributed by atoms with van der Waals surface area (Å²) < 4.78 is 16.0. The zero-order valence-corrected chi connectivity index (χ0v) is 18.0. The fraction of sp³-hybridized carbons (Fsp3) is 0.389. The third-order valence-electron chi connectivity index (χ3n) is 3.98. The summed E-state index contributed by atoms with van der Waals surface area (Å²) in [5, 5.41) is 1.88. The van der Waals surface area contributed by atoms with Crippen LogP contribution in [0.1, 0.15) is 20.3 Å². The molecule has 2 rings (SSSR count). The van der Waals surface area contributed by atoms with Gasteiger partial charge in [-0.15, -0.1) is 0 Å². The number of benzene rings is 2. The first kappa shape index (κ1) is 20.1. The Hall–Kier alpha value is -1.19. The summed E-state index contributed by atoms with van der Waals surface area (Å²) in [5.41, 5.74) is 6.98. The molecule has 0 radical (unpaired) electrons. The van der Waals surface area contributed by atoms with Crippen molar-refractivity contribution >= 4 is 50.9 Å². The van der Waals surface area contributed by atoms with Crippen LogP contribution in [0.3, 0.4) is 0 Å². The van der Waals surface area contributed by atoms with Gasteiger partial charge in [0.25, 0.3) is 0 Å². The summed E-state index contributed by atoms with van der Waals surface area (Å²) in [7, 11) is 0.818. The predicted molar refractivity (Wildman–Crippen MR) is 116 cm³/mol. The number of nitrogens with two attached hydrogens (primary N) is 1. The number of nitrogens with zero attached hydrogens (tertiary/aromatic N) is 1. The summed E-state index contributed by atoms with van der Waals surface area (Å²) in [4.78, 5) is 15.0. The number of anilines is 1. The molecule has 2 aromatic rings. The molecule has 0 saturated heterocycles. The van der Waals surface area contributed by atoms with E-state index in [1.54, 1.807) is 0 Å². The molecule has 0 bridgehead atoms. The molecule has 0 heterocycles. The second-order valence-electron chi connectivity index (χ2n) is 6.79. The van der Waals surface area contributed by atoms with E-state index in [1.807, 2.05) is 90.4 Å². The van der Waals surface area contributed by atoms with Gasteiger partial charge in [-0.25, -0.2) is 0 Å². The molecule has 7 heteroatoms. The van der Waals surface area contributed by atoms with Crippen LogP contribution in [0.15, 0.2) is 41.3 Å². The van der Waals surface area contributed by atoms with Crippen molar-refractivity contribution in [1.29, 1.82) is 0 Å². The number of rotatable bonds is 6. The van der Waals surface area contributed by atoms with E-state index in [0.717, 1.165) is 16.5 Å². The maximum Gasteiger partial charge on any atom is 0.247 e. The maximum absolute atomic E-state index is 13.3. The minimum absolute atomic E-state index is 0.301. The van der Waals surface area contributed by atoms with Crippen molar-refractivity contribution in [2.75, 3.05) is 19.0 Å². The molecule has 0 aliphatic heterocycles. The minimum Gasteiger partial charge on any atom is -0.377 e. The normalized spacial score (nSPS) is 13.7. The van der Waals surface area contributed by atoms with E-state index in [1.165, 1.54) is 0 Å². The van der Waals surface area contributed by atoms with Crippen molar-refractivity contribution < 1.29 is 9.00 Å². The molecule has 0 spiro atoms. The largest absolute Gasteiger partial charge is 0.377 e. The lowest BCUT2D eigenvalue weighted by Crippen LogP contribution is -2.44. The van der Waals surface area contributed by atoms with Crippen LogP contribution in [-0.4, -0.2) is 30.3 Å². The van der Waals surface area contributed by atoms with Gasteiger partial charge in [0.05, 0.1) is 6.04 Å². The van der Waals surface area contributed by atoms with E-state index in [0.29, 0.717) is 17.2 Å². The fourth-order valence-corrected chi connectivity index (χ4v) is 6.15. The van der Waals surface area contributed by atoms with Crippen molar-refractivity contribution in [2.24, 2.45) is 11.7 Å². The van der Waals surface area contributed by atoms with Crippen LogP contribution in [0.4, 0.5) is 5.69 Å². The number of thiol groups is 1. The molecule has 138 valence electrons. The van der Waals surface area contributed by atoms with Crippen molar-refractivity contribution in [3.63, 3.8) is 0 Å². The van der Waals surface area contributed by atoms with Gasteiger partial charge in [0, 0.05) is 63.9 Å². The van der Waals surface area contributed by atoms with Crippen molar-refractivity contribution in [3.05, 3.63) is 36.4 Å². The third-order valence-corrected chi connectivity index (χ3v) is 7.78. The van der Waals surface area contributed by atoms with Gasteiger partial charge >= 0.3 is 0 Å². The second kappa shape index (κ2) is 8.01. The number of carbonyl (C=O) groups excluding carboxylic acids is 1. The first-order chi connectivity index (χ1) is 11.6. The predicted octanol–water partition coefficient (Wildman–Crippen LogP) is 3.04. The number of nitrogens with one attached hydrogen (secondary N) is 1. The van der Waals surface area contributed by atoms with Gasteiger partial charge in [0.2, 0.25) is 5.91 Å². The Labute approximate surface area is 162 Å². The number of carbonyl (C=O) groups is 1. The van der Waals surface area contributed by atoms with Gasteiger partial charge in [-0.3, -0.25) is 13.7 Å². The monoisotopic (exact) mass is 475 g/mol. The lowest BCUT2D eigenvalue weighted by atomic mass is 10.0. The summed E-state index contributed by atoms with van der Waals surface area (Å²) >= 11 is 1.86.